The van der Waals surface area contributed by atoms with E-state index in [0.717, 1.165) is 5.69 Å². The number of hydrogen-bond donors (Lipinski definition) is 1. The van der Waals surface area contributed by atoms with Crippen molar-refractivity contribution < 1.29 is 24.1 Å². The van der Waals surface area contributed by atoms with Crippen LogP contribution < -0.4 is 19.1 Å². The fraction of sp³-hybridized carbons (Fsp3) is 0.462. The van der Waals surface area contributed by atoms with Crippen LogP contribution in [0.5, 0.6) is 17.2 Å². The van der Waals surface area contributed by atoms with Gasteiger partial charge in [0.15, 0.2) is 11.5 Å². The first-order valence-corrected chi connectivity index (χ1v) is 5.76. The number of rotatable bonds is 7. The minimum atomic E-state index is -0.841. The molecule has 0 fully saturated rings. The second kappa shape index (κ2) is 6.72. The van der Waals surface area contributed by atoms with Gasteiger partial charge in [0.05, 0.1) is 33.4 Å². The molecule has 0 bridgehead atoms. The predicted molar refractivity (Wildman–Crippen MR) is 71.6 cm³/mol. The summed E-state index contributed by atoms with van der Waals surface area (Å²) < 4.78 is 15.7. The lowest BCUT2D eigenvalue weighted by molar-refractivity contribution is -0.136. The van der Waals surface area contributed by atoms with Crippen molar-refractivity contribution >= 4 is 11.7 Å². The topological polar surface area (TPSA) is 68.2 Å². The first kappa shape index (κ1) is 14.9. The monoisotopic (exact) mass is 269 g/mol. The number of methoxy groups -OCH3 is 3. The summed E-state index contributed by atoms with van der Waals surface area (Å²) in [5.41, 5.74) is 0.751. The molecule has 106 valence electrons. The maximum atomic E-state index is 10.6. The van der Waals surface area contributed by atoms with Gasteiger partial charge in [-0.3, -0.25) is 4.79 Å². The van der Waals surface area contributed by atoms with Gasteiger partial charge in [-0.25, -0.2) is 0 Å². The molecule has 0 radical (unpaired) electrons. The number of carbonyl (C=O) groups is 1. The molecule has 1 aromatic rings. The van der Waals surface area contributed by atoms with Crippen LogP contribution in [0.4, 0.5) is 5.69 Å². The summed E-state index contributed by atoms with van der Waals surface area (Å²) in [7, 11) is 6.44. The van der Waals surface area contributed by atoms with Gasteiger partial charge >= 0.3 is 5.97 Å². The lowest BCUT2D eigenvalue weighted by atomic mass is 10.2. The number of carboxylic acids is 1. The van der Waals surface area contributed by atoms with Gasteiger partial charge in [-0.1, -0.05) is 0 Å². The van der Waals surface area contributed by atoms with Crippen LogP contribution in [0.1, 0.15) is 6.42 Å². The van der Waals surface area contributed by atoms with Gasteiger partial charge in [0.1, 0.15) is 5.75 Å². The summed E-state index contributed by atoms with van der Waals surface area (Å²) in [6.07, 6.45) is 0.0496. The second-order valence-electron chi connectivity index (χ2n) is 3.94. The molecule has 0 amide bonds. The molecule has 0 saturated heterocycles. The minimum Gasteiger partial charge on any atom is -0.494 e. The fourth-order valence-corrected chi connectivity index (χ4v) is 1.70. The van der Waals surface area contributed by atoms with E-state index in [1.165, 1.54) is 0 Å². The molecular weight excluding hydrogens is 250 g/mol. The molecule has 0 atom stereocenters. The molecule has 0 aromatic heterocycles. The Hall–Kier alpha value is -2.11. The zero-order chi connectivity index (χ0) is 14.4. The summed E-state index contributed by atoms with van der Waals surface area (Å²) in [5, 5.41) is 8.72. The zero-order valence-electron chi connectivity index (χ0n) is 11.6. The maximum Gasteiger partial charge on any atom is 0.305 e. The Morgan fingerprint density at radius 3 is 2.11 bits per heavy atom. The standard InChI is InChI=1S/C13H19NO5/c1-14(6-5-13(15)16)9-7-11(18-3)12(19-4)8-10(9)17-2/h7-8H,5-6H2,1-4H3,(H,15,16). The number of anilines is 1. The van der Waals surface area contributed by atoms with Crippen LogP contribution in [0.2, 0.25) is 0 Å². The van der Waals surface area contributed by atoms with E-state index in [4.69, 9.17) is 19.3 Å². The van der Waals surface area contributed by atoms with E-state index >= 15 is 0 Å². The van der Waals surface area contributed by atoms with Crippen molar-refractivity contribution in [1.82, 2.24) is 0 Å². The zero-order valence-corrected chi connectivity index (χ0v) is 11.6. The van der Waals surface area contributed by atoms with Crippen molar-refractivity contribution in [3.8, 4) is 17.2 Å². The van der Waals surface area contributed by atoms with Gasteiger partial charge in [-0.2, -0.15) is 0 Å². The van der Waals surface area contributed by atoms with Crippen LogP contribution in [0.25, 0.3) is 0 Å². The van der Waals surface area contributed by atoms with E-state index < -0.39 is 5.97 Å². The van der Waals surface area contributed by atoms with Gasteiger partial charge in [0, 0.05) is 25.7 Å². The van der Waals surface area contributed by atoms with Gasteiger partial charge in [-0.05, 0) is 0 Å². The van der Waals surface area contributed by atoms with E-state index in [0.29, 0.717) is 23.8 Å². The van der Waals surface area contributed by atoms with Crippen LogP contribution in [0.15, 0.2) is 12.1 Å². The van der Waals surface area contributed by atoms with E-state index in [9.17, 15) is 4.79 Å². The molecule has 0 aliphatic heterocycles. The fourth-order valence-electron chi connectivity index (χ4n) is 1.70. The Balaban J connectivity index is 3.06. The minimum absolute atomic E-state index is 0.0496. The predicted octanol–water partition coefficient (Wildman–Crippen LogP) is 1.62. The van der Waals surface area contributed by atoms with Crippen molar-refractivity contribution in [1.29, 1.82) is 0 Å². The highest BCUT2D eigenvalue weighted by atomic mass is 16.5. The number of ether oxygens (including phenoxy) is 3. The SMILES string of the molecule is COc1cc(OC)c(N(C)CCC(=O)O)cc1OC. The smallest absolute Gasteiger partial charge is 0.305 e. The number of benzene rings is 1. The Kier molecular flexibility index (Phi) is 5.29. The van der Waals surface area contributed by atoms with E-state index in [2.05, 4.69) is 0 Å². The Labute approximate surface area is 112 Å². The van der Waals surface area contributed by atoms with Gasteiger partial charge < -0.3 is 24.2 Å². The molecule has 1 N–H and O–H groups in total. The first-order chi connectivity index (χ1) is 9.03. The van der Waals surface area contributed by atoms with Crippen molar-refractivity contribution in [3.63, 3.8) is 0 Å². The third kappa shape index (κ3) is 3.67. The summed E-state index contributed by atoms with van der Waals surface area (Å²) >= 11 is 0. The largest absolute Gasteiger partial charge is 0.494 e. The number of carboxylic acid groups (broad SMARTS) is 1. The maximum absolute atomic E-state index is 10.6. The highest BCUT2D eigenvalue weighted by Crippen LogP contribution is 2.39. The molecular formula is C13H19NO5. The second-order valence-corrected chi connectivity index (χ2v) is 3.94. The van der Waals surface area contributed by atoms with Crippen molar-refractivity contribution in [3.05, 3.63) is 12.1 Å². The molecule has 6 heteroatoms. The molecule has 1 rings (SSSR count). The summed E-state index contributed by atoms with van der Waals surface area (Å²) in [6.45, 7) is 0.376. The van der Waals surface area contributed by atoms with Crippen LogP contribution in [-0.4, -0.2) is 46.0 Å². The third-order valence-corrected chi connectivity index (χ3v) is 2.76. The summed E-state index contributed by atoms with van der Waals surface area (Å²) in [4.78, 5) is 12.4. The molecule has 19 heavy (non-hydrogen) atoms. The molecule has 0 saturated carbocycles. The Morgan fingerprint density at radius 2 is 1.63 bits per heavy atom. The van der Waals surface area contributed by atoms with Crippen LogP contribution >= 0.6 is 0 Å². The van der Waals surface area contributed by atoms with Crippen LogP contribution in [-0.2, 0) is 4.79 Å². The average Bonchev–Trinajstić information content (AvgIpc) is 2.42. The van der Waals surface area contributed by atoms with Crippen LogP contribution in [0, 0.1) is 0 Å². The van der Waals surface area contributed by atoms with Crippen LogP contribution in [0.3, 0.4) is 0 Å². The van der Waals surface area contributed by atoms with Crippen molar-refractivity contribution in [2.24, 2.45) is 0 Å². The molecule has 0 unspecified atom stereocenters. The van der Waals surface area contributed by atoms with Crippen molar-refractivity contribution in [2.45, 2.75) is 6.42 Å². The third-order valence-electron chi connectivity index (χ3n) is 2.76. The average molecular weight is 269 g/mol. The van der Waals surface area contributed by atoms with E-state index in [1.54, 1.807) is 45.4 Å². The van der Waals surface area contributed by atoms with Gasteiger partial charge in [-0.15, -0.1) is 0 Å². The normalized spacial score (nSPS) is 9.89. The van der Waals surface area contributed by atoms with Gasteiger partial charge in [0.2, 0.25) is 0 Å². The highest BCUT2D eigenvalue weighted by Gasteiger charge is 2.15. The number of nitrogens with zero attached hydrogens (tertiary/aromatic N) is 1. The molecule has 0 spiro atoms. The number of aliphatic carboxylic acids is 1. The van der Waals surface area contributed by atoms with Crippen molar-refractivity contribution in [2.75, 3.05) is 39.8 Å². The molecule has 0 aliphatic rings. The number of hydrogen-bond acceptors (Lipinski definition) is 5. The molecule has 1 aromatic carbocycles. The molecule has 0 heterocycles. The van der Waals surface area contributed by atoms with Gasteiger partial charge in [0.25, 0.3) is 0 Å². The van der Waals surface area contributed by atoms with E-state index in [1.807, 2.05) is 0 Å². The Bertz CT molecular complexity index is 447. The highest BCUT2D eigenvalue weighted by molar-refractivity contribution is 5.69. The first-order valence-electron chi connectivity index (χ1n) is 5.76. The lowest BCUT2D eigenvalue weighted by Crippen LogP contribution is -2.21. The summed E-state index contributed by atoms with van der Waals surface area (Å²) in [5.74, 6) is 0.895. The van der Waals surface area contributed by atoms with E-state index in [-0.39, 0.29) is 6.42 Å². The Morgan fingerprint density at radius 1 is 1.11 bits per heavy atom. The molecule has 0 aliphatic carbocycles. The lowest BCUT2D eigenvalue weighted by Gasteiger charge is -2.22. The quantitative estimate of drug-likeness (QED) is 0.811. The molecule has 6 nitrogen and oxygen atoms in total. The summed E-state index contributed by atoms with van der Waals surface area (Å²) in [6, 6.07) is 3.48.